The van der Waals surface area contributed by atoms with E-state index in [0.29, 0.717) is 23.2 Å². The first-order valence-corrected chi connectivity index (χ1v) is 7.84. The number of benzene rings is 3. The molecule has 1 heterocycles. The van der Waals surface area contributed by atoms with E-state index in [1.54, 1.807) is 12.1 Å². The average molecular weight is 334 g/mol. The Morgan fingerprint density at radius 1 is 0.880 bits per heavy atom. The van der Waals surface area contributed by atoms with Crippen molar-refractivity contribution >= 4 is 10.9 Å². The predicted octanol–water partition coefficient (Wildman–Crippen LogP) is 4.30. The molecule has 0 bridgehead atoms. The van der Waals surface area contributed by atoms with E-state index >= 15 is 0 Å². The van der Waals surface area contributed by atoms with Crippen LogP contribution in [0.15, 0.2) is 66.7 Å². The molecule has 1 aromatic heterocycles. The Morgan fingerprint density at radius 2 is 1.68 bits per heavy atom. The van der Waals surface area contributed by atoms with E-state index in [1.807, 2.05) is 35.0 Å². The Morgan fingerprint density at radius 3 is 2.44 bits per heavy atom. The van der Waals surface area contributed by atoms with Gasteiger partial charge in [0.2, 0.25) is 0 Å². The van der Waals surface area contributed by atoms with E-state index in [9.17, 15) is 14.6 Å². The quantitative estimate of drug-likeness (QED) is 0.549. The number of phenolic OH excluding ortho intramolecular Hbond substituents is 2. The lowest BCUT2D eigenvalue weighted by atomic mass is 10.1. The van der Waals surface area contributed by atoms with E-state index in [-0.39, 0.29) is 17.3 Å². The monoisotopic (exact) mass is 334 g/mol. The Bertz CT molecular complexity index is 1060. The fourth-order valence-electron chi connectivity index (χ4n) is 2.91. The molecule has 0 fully saturated rings. The zero-order valence-electron chi connectivity index (χ0n) is 13.2. The molecular weight excluding hydrogens is 319 g/mol. The average Bonchev–Trinajstić information content (AvgIpc) is 2.96. The van der Waals surface area contributed by atoms with Crippen molar-refractivity contribution in [1.82, 2.24) is 9.78 Å². The SMILES string of the molecule is Oc1ccc(-c2nn(Cc3ccccc3)c3ccc(F)cc23)cc1O. The summed E-state index contributed by atoms with van der Waals surface area (Å²) >= 11 is 0. The molecule has 0 unspecified atom stereocenters. The molecule has 4 nitrogen and oxygen atoms in total. The maximum Gasteiger partial charge on any atom is 0.158 e. The molecule has 0 amide bonds. The van der Waals surface area contributed by atoms with Crippen molar-refractivity contribution in [3.05, 3.63) is 78.1 Å². The van der Waals surface area contributed by atoms with Crippen molar-refractivity contribution in [3.63, 3.8) is 0 Å². The van der Waals surface area contributed by atoms with Crippen molar-refractivity contribution in [3.8, 4) is 22.8 Å². The highest BCUT2D eigenvalue weighted by atomic mass is 19.1. The highest BCUT2D eigenvalue weighted by Crippen LogP contribution is 2.34. The van der Waals surface area contributed by atoms with Gasteiger partial charge in [-0.3, -0.25) is 4.68 Å². The summed E-state index contributed by atoms with van der Waals surface area (Å²) in [5.74, 6) is -0.793. The second-order valence-electron chi connectivity index (χ2n) is 5.86. The summed E-state index contributed by atoms with van der Waals surface area (Å²) in [6, 6.07) is 18.9. The first-order chi connectivity index (χ1) is 12.1. The number of aromatic nitrogens is 2. The van der Waals surface area contributed by atoms with Crippen LogP contribution in [0.1, 0.15) is 5.56 Å². The van der Waals surface area contributed by atoms with Crippen LogP contribution in [-0.2, 0) is 6.54 Å². The number of hydrogen-bond acceptors (Lipinski definition) is 3. The minimum absolute atomic E-state index is 0.206. The lowest BCUT2D eigenvalue weighted by molar-refractivity contribution is 0.404. The Kier molecular flexibility index (Phi) is 3.61. The van der Waals surface area contributed by atoms with Crippen LogP contribution in [-0.4, -0.2) is 20.0 Å². The number of hydrogen-bond donors (Lipinski definition) is 2. The molecule has 0 aliphatic carbocycles. The van der Waals surface area contributed by atoms with Gasteiger partial charge in [0.05, 0.1) is 12.1 Å². The van der Waals surface area contributed by atoms with Crippen molar-refractivity contribution in [2.75, 3.05) is 0 Å². The van der Waals surface area contributed by atoms with Crippen LogP contribution >= 0.6 is 0 Å². The van der Waals surface area contributed by atoms with E-state index < -0.39 is 0 Å². The zero-order valence-corrected chi connectivity index (χ0v) is 13.2. The van der Waals surface area contributed by atoms with E-state index in [1.165, 1.54) is 24.3 Å². The smallest absolute Gasteiger partial charge is 0.158 e. The number of fused-ring (bicyclic) bond motifs is 1. The molecule has 4 rings (SSSR count). The van der Waals surface area contributed by atoms with Gasteiger partial charge in [-0.25, -0.2) is 4.39 Å². The maximum atomic E-state index is 13.8. The van der Waals surface area contributed by atoms with Crippen LogP contribution in [0.4, 0.5) is 4.39 Å². The summed E-state index contributed by atoms with van der Waals surface area (Å²) in [4.78, 5) is 0. The van der Waals surface area contributed by atoms with Crippen LogP contribution in [0.3, 0.4) is 0 Å². The van der Waals surface area contributed by atoms with Gasteiger partial charge in [0.25, 0.3) is 0 Å². The van der Waals surface area contributed by atoms with Gasteiger partial charge in [0.1, 0.15) is 11.5 Å². The van der Waals surface area contributed by atoms with Gasteiger partial charge in [-0.2, -0.15) is 5.10 Å². The minimum atomic E-state index is -0.351. The Labute approximate surface area is 143 Å². The summed E-state index contributed by atoms with van der Waals surface area (Å²) < 4.78 is 15.6. The number of nitrogens with zero attached hydrogens (tertiary/aromatic N) is 2. The Balaban J connectivity index is 1.89. The Hall–Kier alpha value is -3.34. The fraction of sp³-hybridized carbons (Fsp3) is 0.0500. The highest BCUT2D eigenvalue weighted by Gasteiger charge is 2.15. The van der Waals surface area contributed by atoms with Gasteiger partial charge in [-0.05, 0) is 42.0 Å². The first kappa shape index (κ1) is 15.2. The predicted molar refractivity (Wildman–Crippen MR) is 94.0 cm³/mol. The third kappa shape index (κ3) is 2.80. The standard InChI is InChI=1S/C20H15FN2O2/c21-15-7-8-17-16(11-15)20(14-6-9-18(24)19(25)10-14)22-23(17)12-13-4-2-1-3-5-13/h1-11,24-25H,12H2. The van der Waals surface area contributed by atoms with Crippen LogP contribution in [0, 0.1) is 5.82 Å². The second kappa shape index (κ2) is 5.94. The molecule has 4 aromatic rings. The fourth-order valence-corrected chi connectivity index (χ4v) is 2.91. The van der Waals surface area contributed by atoms with Crippen molar-refractivity contribution in [1.29, 1.82) is 0 Å². The van der Waals surface area contributed by atoms with E-state index in [0.717, 1.165) is 11.1 Å². The van der Waals surface area contributed by atoms with Crippen molar-refractivity contribution < 1.29 is 14.6 Å². The molecule has 0 saturated heterocycles. The normalized spacial score (nSPS) is 11.1. The second-order valence-corrected chi connectivity index (χ2v) is 5.86. The molecule has 124 valence electrons. The summed E-state index contributed by atoms with van der Waals surface area (Å²) in [6.45, 7) is 0.549. The number of phenols is 2. The van der Waals surface area contributed by atoms with E-state index in [4.69, 9.17) is 0 Å². The summed E-state index contributed by atoms with van der Waals surface area (Å²) in [7, 11) is 0. The van der Waals surface area contributed by atoms with E-state index in [2.05, 4.69) is 5.10 Å². The van der Waals surface area contributed by atoms with Crippen LogP contribution in [0.25, 0.3) is 22.2 Å². The summed E-state index contributed by atoms with van der Waals surface area (Å²) in [6.07, 6.45) is 0. The molecule has 3 aromatic carbocycles. The van der Waals surface area contributed by atoms with Gasteiger partial charge in [0, 0.05) is 10.9 Å². The molecule has 0 radical (unpaired) electrons. The maximum absolute atomic E-state index is 13.8. The molecule has 0 aliphatic rings. The lowest BCUT2D eigenvalue weighted by Crippen LogP contribution is -2.01. The summed E-state index contributed by atoms with van der Waals surface area (Å²) in [5, 5.41) is 24.6. The molecular formula is C20H15FN2O2. The third-order valence-electron chi connectivity index (χ3n) is 4.14. The number of rotatable bonds is 3. The number of aromatic hydroxyl groups is 2. The highest BCUT2D eigenvalue weighted by molar-refractivity contribution is 5.93. The van der Waals surface area contributed by atoms with Gasteiger partial charge in [-0.1, -0.05) is 30.3 Å². The van der Waals surface area contributed by atoms with Crippen LogP contribution in [0.2, 0.25) is 0 Å². The molecule has 2 N–H and O–H groups in total. The lowest BCUT2D eigenvalue weighted by Gasteiger charge is -2.03. The molecule has 0 saturated carbocycles. The van der Waals surface area contributed by atoms with Gasteiger partial charge >= 0.3 is 0 Å². The largest absolute Gasteiger partial charge is 0.504 e. The van der Waals surface area contributed by atoms with Crippen molar-refractivity contribution in [2.24, 2.45) is 0 Å². The molecule has 5 heteroatoms. The van der Waals surface area contributed by atoms with Gasteiger partial charge in [0.15, 0.2) is 11.5 Å². The van der Waals surface area contributed by atoms with Crippen LogP contribution in [0.5, 0.6) is 11.5 Å². The molecule has 0 aliphatic heterocycles. The van der Waals surface area contributed by atoms with Gasteiger partial charge in [-0.15, -0.1) is 0 Å². The first-order valence-electron chi connectivity index (χ1n) is 7.84. The minimum Gasteiger partial charge on any atom is -0.504 e. The topological polar surface area (TPSA) is 58.3 Å². The van der Waals surface area contributed by atoms with Crippen molar-refractivity contribution in [2.45, 2.75) is 6.54 Å². The third-order valence-corrected chi connectivity index (χ3v) is 4.14. The summed E-state index contributed by atoms with van der Waals surface area (Å²) in [5.41, 5.74) is 3.04. The molecule has 0 atom stereocenters. The van der Waals surface area contributed by atoms with Gasteiger partial charge < -0.3 is 10.2 Å². The number of halogens is 1. The molecule has 0 spiro atoms. The molecule has 25 heavy (non-hydrogen) atoms. The van der Waals surface area contributed by atoms with Crippen LogP contribution < -0.4 is 0 Å². The zero-order chi connectivity index (χ0) is 17.4.